The Hall–Kier alpha value is -8.52. The van der Waals surface area contributed by atoms with E-state index >= 15 is 0 Å². The average Bonchev–Trinajstić information content (AvgIpc) is 3.71. The first kappa shape index (κ1) is 37.1. The maximum absolute atomic E-state index is 2.43. The second-order valence-electron chi connectivity index (χ2n) is 17.3. The first-order valence-corrected chi connectivity index (χ1v) is 22.5. The van der Waals surface area contributed by atoms with Crippen LogP contribution in [-0.4, -0.2) is 4.57 Å². The molecule has 1 heterocycles. The van der Waals surface area contributed by atoms with E-state index in [1.54, 1.807) is 0 Å². The summed E-state index contributed by atoms with van der Waals surface area (Å²) < 4.78 is 2.43. The van der Waals surface area contributed by atoms with Gasteiger partial charge >= 0.3 is 0 Å². The van der Waals surface area contributed by atoms with E-state index in [1.807, 2.05) is 0 Å². The highest BCUT2D eigenvalue weighted by Gasteiger charge is 2.16. The van der Waals surface area contributed by atoms with Crippen LogP contribution in [0.15, 0.2) is 249 Å². The fourth-order valence-electron chi connectivity index (χ4n) is 10.2. The minimum absolute atomic E-state index is 1.13. The molecule has 302 valence electrons. The van der Waals surface area contributed by atoms with Gasteiger partial charge in [-0.1, -0.05) is 182 Å². The summed E-state index contributed by atoms with van der Waals surface area (Å²) in [4.78, 5) is 0. The smallest absolute Gasteiger partial charge is 0.0541 e. The Morgan fingerprint density at radius 3 is 1.03 bits per heavy atom. The van der Waals surface area contributed by atoms with Crippen LogP contribution in [0.2, 0.25) is 0 Å². The fourth-order valence-corrected chi connectivity index (χ4v) is 10.2. The molecule has 12 aromatic carbocycles. The fraction of sp³-hybridized carbons (Fsp3) is 0. The van der Waals surface area contributed by atoms with Gasteiger partial charge in [-0.2, -0.15) is 0 Å². The summed E-state index contributed by atoms with van der Waals surface area (Å²) in [5.74, 6) is 0. The van der Waals surface area contributed by atoms with E-state index < -0.39 is 0 Å². The monoisotopic (exact) mass is 823 g/mol. The molecule has 0 spiro atoms. The van der Waals surface area contributed by atoms with Gasteiger partial charge in [-0.05, 0) is 165 Å². The van der Waals surface area contributed by atoms with Crippen molar-refractivity contribution in [3.63, 3.8) is 0 Å². The Labute approximate surface area is 377 Å². The molecule has 0 unspecified atom stereocenters. The average molecular weight is 824 g/mol. The van der Waals surface area contributed by atoms with Crippen LogP contribution in [0.3, 0.4) is 0 Å². The predicted octanol–water partition coefficient (Wildman–Crippen LogP) is 17.7. The minimum atomic E-state index is 1.13. The number of rotatable bonds is 6. The molecule has 0 atom stereocenters. The molecule has 0 bridgehead atoms. The second-order valence-corrected chi connectivity index (χ2v) is 17.3. The summed E-state index contributed by atoms with van der Waals surface area (Å²) in [6.45, 7) is 0. The van der Waals surface area contributed by atoms with Crippen LogP contribution in [0.1, 0.15) is 0 Å². The van der Waals surface area contributed by atoms with Crippen molar-refractivity contribution in [2.24, 2.45) is 0 Å². The van der Waals surface area contributed by atoms with Crippen molar-refractivity contribution in [1.82, 2.24) is 4.57 Å². The van der Waals surface area contributed by atoms with Gasteiger partial charge in [0.25, 0.3) is 0 Å². The Kier molecular flexibility index (Phi) is 8.60. The maximum Gasteiger partial charge on any atom is 0.0541 e. The minimum Gasteiger partial charge on any atom is -0.309 e. The molecule has 0 saturated carbocycles. The van der Waals surface area contributed by atoms with Crippen molar-refractivity contribution in [2.45, 2.75) is 0 Å². The molecule has 1 aromatic heterocycles. The van der Waals surface area contributed by atoms with Crippen LogP contribution >= 0.6 is 0 Å². The standard InChI is InChI=1S/C64H41N/c1-3-11-42(12-4-1)49-27-33-63-61(40-49)62-41-50(43-13-5-2-6-14-43)28-34-64(62)65(63)56-29-23-44(24-30-56)53-37-54(47-25-31-59-51(35-47)21-19-45-15-7-9-17-57(45)59)39-55(38-53)48-26-32-60-52(36-48)22-20-46-16-8-10-18-58(46)60/h1-41H. The molecule has 13 aromatic rings. The van der Waals surface area contributed by atoms with Crippen molar-refractivity contribution in [2.75, 3.05) is 0 Å². The van der Waals surface area contributed by atoms with Gasteiger partial charge in [-0.25, -0.2) is 0 Å². The summed E-state index contributed by atoms with van der Waals surface area (Å²) in [5, 5.41) is 12.6. The largest absolute Gasteiger partial charge is 0.309 e. The summed E-state index contributed by atoms with van der Waals surface area (Å²) >= 11 is 0. The topological polar surface area (TPSA) is 4.93 Å². The highest BCUT2D eigenvalue weighted by Crippen LogP contribution is 2.40. The lowest BCUT2D eigenvalue weighted by atomic mass is 9.91. The van der Waals surface area contributed by atoms with Crippen LogP contribution in [-0.2, 0) is 0 Å². The van der Waals surface area contributed by atoms with Crippen molar-refractivity contribution in [3.8, 4) is 61.3 Å². The van der Waals surface area contributed by atoms with Crippen molar-refractivity contribution in [3.05, 3.63) is 249 Å². The summed E-state index contributed by atoms with van der Waals surface area (Å²) in [5.41, 5.74) is 15.5. The summed E-state index contributed by atoms with van der Waals surface area (Å²) in [7, 11) is 0. The van der Waals surface area contributed by atoms with Crippen LogP contribution < -0.4 is 0 Å². The van der Waals surface area contributed by atoms with Crippen molar-refractivity contribution < 1.29 is 0 Å². The van der Waals surface area contributed by atoms with Gasteiger partial charge in [-0.3, -0.25) is 0 Å². The molecule has 0 radical (unpaired) electrons. The lowest BCUT2D eigenvalue weighted by molar-refractivity contribution is 1.18. The molecule has 1 nitrogen and oxygen atoms in total. The van der Waals surface area contributed by atoms with Gasteiger partial charge in [0.1, 0.15) is 0 Å². The van der Waals surface area contributed by atoms with E-state index in [4.69, 9.17) is 0 Å². The van der Waals surface area contributed by atoms with E-state index in [-0.39, 0.29) is 0 Å². The Morgan fingerprint density at radius 1 is 0.185 bits per heavy atom. The van der Waals surface area contributed by atoms with Crippen LogP contribution in [0.4, 0.5) is 0 Å². The van der Waals surface area contributed by atoms with Gasteiger partial charge in [0.15, 0.2) is 0 Å². The predicted molar refractivity (Wildman–Crippen MR) is 278 cm³/mol. The van der Waals surface area contributed by atoms with E-state index in [9.17, 15) is 0 Å². The molecule has 0 saturated heterocycles. The lowest BCUT2D eigenvalue weighted by Gasteiger charge is -2.14. The van der Waals surface area contributed by atoms with Crippen LogP contribution in [0, 0.1) is 0 Å². The molecule has 0 aliphatic carbocycles. The highest BCUT2D eigenvalue weighted by molar-refractivity contribution is 6.12. The first-order chi connectivity index (χ1) is 32.2. The zero-order valence-corrected chi connectivity index (χ0v) is 35.6. The number of hydrogen-bond acceptors (Lipinski definition) is 0. The second kappa shape index (κ2) is 15.1. The first-order valence-electron chi connectivity index (χ1n) is 22.5. The molecular formula is C64H41N. The third-order valence-electron chi connectivity index (χ3n) is 13.5. The van der Waals surface area contributed by atoms with Gasteiger partial charge < -0.3 is 4.57 Å². The summed E-state index contributed by atoms with van der Waals surface area (Å²) in [6, 6.07) is 91.8. The molecular weight excluding hydrogens is 783 g/mol. The van der Waals surface area contributed by atoms with Crippen LogP contribution in [0.25, 0.3) is 126 Å². The highest BCUT2D eigenvalue weighted by atomic mass is 15.0. The Balaban J connectivity index is 0.956. The van der Waals surface area contributed by atoms with Crippen LogP contribution in [0.5, 0.6) is 0 Å². The summed E-state index contributed by atoms with van der Waals surface area (Å²) in [6.07, 6.45) is 0. The molecule has 13 rings (SSSR count). The molecule has 0 aliphatic rings. The zero-order valence-electron chi connectivity index (χ0n) is 35.6. The van der Waals surface area contributed by atoms with E-state index in [0.717, 1.165) is 5.69 Å². The number of aromatic nitrogens is 1. The maximum atomic E-state index is 2.43. The van der Waals surface area contributed by atoms with Gasteiger partial charge in [0.05, 0.1) is 11.0 Å². The van der Waals surface area contributed by atoms with E-state index in [1.165, 1.54) is 121 Å². The zero-order chi connectivity index (χ0) is 42.8. The number of hydrogen-bond donors (Lipinski definition) is 0. The van der Waals surface area contributed by atoms with Crippen molar-refractivity contribution in [1.29, 1.82) is 0 Å². The Morgan fingerprint density at radius 2 is 0.538 bits per heavy atom. The lowest BCUT2D eigenvalue weighted by Crippen LogP contribution is -1.94. The molecule has 1 heteroatoms. The van der Waals surface area contributed by atoms with Crippen molar-refractivity contribution >= 4 is 64.9 Å². The van der Waals surface area contributed by atoms with Gasteiger partial charge in [-0.15, -0.1) is 0 Å². The normalized spacial score (nSPS) is 11.7. The van der Waals surface area contributed by atoms with Gasteiger partial charge in [0, 0.05) is 16.5 Å². The Bertz CT molecular complexity index is 3740. The number of benzene rings is 12. The molecule has 0 fully saturated rings. The third kappa shape index (κ3) is 6.40. The molecule has 0 amide bonds. The number of nitrogens with zero attached hydrogens (tertiary/aromatic N) is 1. The quantitative estimate of drug-likeness (QED) is 0.147. The van der Waals surface area contributed by atoms with E-state index in [0.29, 0.717) is 0 Å². The molecule has 0 aliphatic heterocycles. The molecule has 65 heavy (non-hydrogen) atoms. The van der Waals surface area contributed by atoms with E-state index in [2.05, 4.69) is 253 Å². The molecule has 0 N–H and O–H groups in total. The number of fused-ring (bicyclic) bond motifs is 9. The van der Waals surface area contributed by atoms with Gasteiger partial charge in [0.2, 0.25) is 0 Å². The SMILES string of the molecule is c1ccc(-c2ccc3c(c2)c2cc(-c4ccccc4)ccc2n3-c2ccc(-c3cc(-c4ccc5c(ccc6ccccc65)c4)cc(-c4ccc5c(ccc6ccccc65)c4)c3)cc2)cc1. The third-order valence-corrected chi connectivity index (χ3v) is 13.5.